The molecule has 0 aliphatic rings. The number of benzene rings is 1. The summed E-state index contributed by atoms with van der Waals surface area (Å²) in [5, 5.41) is 6.24. The molecule has 4 heteroatoms. The first-order valence-corrected chi connectivity index (χ1v) is 7.37. The van der Waals surface area contributed by atoms with Crippen molar-refractivity contribution in [2.75, 3.05) is 7.05 Å². The monoisotopic (exact) mass is 276 g/mol. The summed E-state index contributed by atoms with van der Waals surface area (Å²) in [5.41, 5.74) is 2.32. The first-order valence-electron chi connectivity index (χ1n) is 6.49. The Hall–Kier alpha value is -1.39. The Labute approximate surface area is 118 Å². The summed E-state index contributed by atoms with van der Waals surface area (Å²) < 4.78 is 5.74. The molecule has 0 radical (unpaired) electrons. The number of hydrogen-bond acceptors (Lipinski definition) is 4. The fourth-order valence-electron chi connectivity index (χ4n) is 1.75. The fourth-order valence-corrected chi connectivity index (χ4v) is 2.54. The van der Waals surface area contributed by atoms with Crippen molar-refractivity contribution in [2.24, 2.45) is 0 Å². The predicted molar refractivity (Wildman–Crippen MR) is 79.7 cm³/mol. The van der Waals surface area contributed by atoms with Gasteiger partial charge in [-0.15, -0.1) is 11.3 Å². The van der Waals surface area contributed by atoms with Crippen LogP contribution in [0.5, 0.6) is 5.75 Å². The Bertz CT molecular complexity index is 505. The topological polar surface area (TPSA) is 34.2 Å². The van der Waals surface area contributed by atoms with Crippen molar-refractivity contribution in [3.05, 3.63) is 45.9 Å². The molecule has 0 fully saturated rings. The minimum atomic E-state index is 0.529. The number of nitrogens with zero attached hydrogens (tertiary/aromatic N) is 1. The Morgan fingerprint density at radius 3 is 2.63 bits per heavy atom. The molecule has 1 aromatic carbocycles. The van der Waals surface area contributed by atoms with E-state index in [0.717, 1.165) is 23.0 Å². The summed E-state index contributed by atoms with van der Waals surface area (Å²) >= 11 is 1.66. The van der Waals surface area contributed by atoms with Crippen LogP contribution in [0.2, 0.25) is 0 Å². The third kappa shape index (κ3) is 4.04. The van der Waals surface area contributed by atoms with Crippen molar-refractivity contribution < 1.29 is 4.74 Å². The van der Waals surface area contributed by atoms with Crippen LogP contribution < -0.4 is 10.1 Å². The van der Waals surface area contributed by atoms with Crippen molar-refractivity contribution in [1.82, 2.24) is 10.3 Å². The zero-order valence-corrected chi connectivity index (χ0v) is 12.5. The summed E-state index contributed by atoms with van der Waals surface area (Å²) in [6.07, 6.45) is 0. The molecule has 0 bridgehead atoms. The van der Waals surface area contributed by atoms with Crippen molar-refractivity contribution in [3.63, 3.8) is 0 Å². The Balaban J connectivity index is 1.90. The Kier molecular flexibility index (Phi) is 4.93. The maximum atomic E-state index is 5.74. The molecule has 2 rings (SSSR count). The number of nitrogens with one attached hydrogen (secondary N) is 1. The summed E-state index contributed by atoms with van der Waals surface area (Å²) in [6, 6.07) is 8.29. The molecule has 0 aliphatic heterocycles. The second-order valence-corrected chi connectivity index (χ2v) is 5.72. The molecule has 1 aromatic heterocycles. The molecule has 2 aromatic rings. The molecule has 0 atom stereocenters. The van der Waals surface area contributed by atoms with E-state index in [4.69, 9.17) is 4.74 Å². The first-order chi connectivity index (χ1) is 9.19. The highest BCUT2D eigenvalue weighted by Crippen LogP contribution is 2.19. The van der Waals surface area contributed by atoms with Gasteiger partial charge < -0.3 is 10.1 Å². The van der Waals surface area contributed by atoms with Crippen LogP contribution >= 0.6 is 11.3 Å². The Morgan fingerprint density at radius 2 is 2.00 bits per heavy atom. The van der Waals surface area contributed by atoms with E-state index in [1.807, 2.05) is 19.2 Å². The van der Waals surface area contributed by atoms with Gasteiger partial charge in [-0.1, -0.05) is 26.0 Å². The van der Waals surface area contributed by atoms with Crippen LogP contribution in [0.3, 0.4) is 0 Å². The average Bonchev–Trinajstić information content (AvgIpc) is 2.85. The van der Waals surface area contributed by atoms with Crippen molar-refractivity contribution >= 4 is 11.3 Å². The zero-order valence-electron chi connectivity index (χ0n) is 11.6. The van der Waals surface area contributed by atoms with Gasteiger partial charge in [-0.3, -0.25) is 0 Å². The largest absolute Gasteiger partial charge is 0.487 e. The van der Waals surface area contributed by atoms with Crippen LogP contribution in [0.1, 0.15) is 36.0 Å². The molecule has 1 N–H and O–H groups in total. The number of ether oxygens (including phenoxy) is 1. The van der Waals surface area contributed by atoms with Crippen LogP contribution in [0.15, 0.2) is 29.6 Å². The second-order valence-electron chi connectivity index (χ2n) is 4.78. The lowest BCUT2D eigenvalue weighted by molar-refractivity contribution is 0.301. The standard InChI is InChI=1S/C15H20N2OS/c1-11(2)12-4-6-14(7-5-12)18-9-13-10-19-15(17-13)8-16-3/h4-7,10-11,16H,8-9H2,1-3H3. The summed E-state index contributed by atoms with van der Waals surface area (Å²) in [6.45, 7) is 5.72. The normalized spacial score (nSPS) is 10.9. The van der Waals surface area contributed by atoms with E-state index in [1.165, 1.54) is 5.56 Å². The van der Waals surface area contributed by atoms with Crippen molar-refractivity contribution in [3.8, 4) is 5.75 Å². The van der Waals surface area contributed by atoms with E-state index in [-0.39, 0.29) is 0 Å². The third-order valence-corrected chi connectivity index (χ3v) is 3.76. The van der Waals surface area contributed by atoms with E-state index in [1.54, 1.807) is 11.3 Å². The van der Waals surface area contributed by atoms with E-state index >= 15 is 0 Å². The molecule has 0 saturated carbocycles. The van der Waals surface area contributed by atoms with Gasteiger partial charge >= 0.3 is 0 Å². The molecule has 19 heavy (non-hydrogen) atoms. The molecule has 3 nitrogen and oxygen atoms in total. The van der Waals surface area contributed by atoms with Crippen LogP contribution in [0.25, 0.3) is 0 Å². The summed E-state index contributed by atoms with van der Waals surface area (Å²) in [5.74, 6) is 1.45. The van der Waals surface area contributed by atoms with E-state index in [9.17, 15) is 0 Å². The first kappa shape index (κ1) is 14.0. The highest BCUT2D eigenvalue weighted by atomic mass is 32.1. The molecular formula is C15H20N2OS. The number of hydrogen-bond donors (Lipinski definition) is 1. The minimum Gasteiger partial charge on any atom is -0.487 e. The maximum absolute atomic E-state index is 5.74. The van der Waals surface area contributed by atoms with Crippen molar-refractivity contribution in [1.29, 1.82) is 0 Å². The number of thiazole rings is 1. The van der Waals surface area contributed by atoms with Crippen molar-refractivity contribution in [2.45, 2.75) is 32.9 Å². The van der Waals surface area contributed by atoms with Gasteiger partial charge in [-0.05, 0) is 30.7 Å². The number of aromatic nitrogens is 1. The highest BCUT2D eigenvalue weighted by molar-refractivity contribution is 7.09. The quantitative estimate of drug-likeness (QED) is 0.876. The maximum Gasteiger partial charge on any atom is 0.131 e. The van der Waals surface area contributed by atoms with E-state index in [2.05, 4.69) is 41.7 Å². The van der Waals surface area contributed by atoms with Gasteiger partial charge in [0.15, 0.2) is 0 Å². The molecular weight excluding hydrogens is 256 g/mol. The van der Waals surface area contributed by atoms with E-state index in [0.29, 0.717) is 12.5 Å². The van der Waals surface area contributed by atoms with Gasteiger partial charge in [0, 0.05) is 11.9 Å². The molecule has 1 heterocycles. The molecule has 0 amide bonds. The van der Waals surface area contributed by atoms with Crippen LogP contribution in [0, 0.1) is 0 Å². The average molecular weight is 276 g/mol. The minimum absolute atomic E-state index is 0.529. The lowest BCUT2D eigenvalue weighted by atomic mass is 10.0. The van der Waals surface area contributed by atoms with Gasteiger partial charge in [-0.25, -0.2) is 4.98 Å². The van der Waals surface area contributed by atoms with Gasteiger partial charge in [0.05, 0.1) is 5.69 Å². The zero-order chi connectivity index (χ0) is 13.7. The van der Waals surface area contributed by atoms with Gasteiger partial charge in [-0.2, -0.15) is 0 Å². The highest BCUT2D eigenvalue weighted by Gasteiger charge is 2.03. The number of rotatable bonds is 6. The van der Waals surface area contributed by atoms with Crippen LogP contribution in [-0.2, 0) is 13.2 Å². The Morgan fingerprint density at radius 1 is 1.26 bits per heavy atom. The van der Waals surface area contributed by atoms with Gasteiger partial charge in [0.25, 0.3) is 0 Å². The van der Waals surface area contributed by atoms with Gasteiger partial charge in [0.2, 0.25) is 0 Å². The SMILES string of the molecule is CNCc1nc(COc2ccc(C(C)C)cc2)cs1. The summed E-state index contributed by atoms with van der Waals surface area (Å²) in [7, 11) is 1.92. The van der Waals surface area contributed by atoms with Crippen LogP contribution in [0.4, 0.5) is 0 Å². The molecule has 102 valence electrons. The third-order valence-electron chi connectivity index (χ3n) is 2.86. The van der Waals surface area contributed by atoms with Gasteiger partial charge in [0.1, 0.15) is 17.4 Å². The van der Waals surface area contributed by atoms with E-state index < -0.39 is 0 Å². The lowest BCUT2D eigenvalue weighted by Gasteiger charge is -2.07. The molecule has 0 unspecified atom stereocenters. The summed E-state index contributed by atoms with van der Waals surface area (Å²) in [4.78, 5) is 4.49. The van der Waals surface area contributed by atoms with Crippen LogP contribution in [-0.4, -0.2) is 12.0 Å². The predicted octanol–water partition coefficient (Wildman–Crippen LogP) is 3.56. The molecule has 0 spiro atoms. The smallest absolute Gasteiger partial charge is 0.131 e. The molecule has 0 aliphatic carbocycles. The lowest BCUT2D eigenvalue weighted by Crippen LogP contribution is -2.05. The second kappa shape index (κ2) is 6.68. The molecule has 0 saturated heterocycles. The fraction of sp³-hybridized carbons (Fsp3) is 0.400.